The number of hydrogen-bond donors (Lipinski definition) is 1. The number of rotatable bonds is 1. The van der Waals surface area contributed by atoms with Crippen molar-refractivity contribution in [1.29, 1.82) is 0 Å². The third-order valence-corrected chi connectivity index (χ3v) is 1.79. The van der Waals surface area contributed by atoms with Gasteiger partial charge < -0.3 is 0 Å². The molecule has 0 aliphatic carbocycles. The van der Waals surface area contributed by atoms with Crippen molar-refractivity contribution in [3.05, 3.63) is 47.9 Å². The summed E-state index contributed by atoms with van der Waals surface area (Å²) in [4.78, 5) is 3.36. The molecule has 0 saturated heterocycles. The third kappa shape index (κ3) is 1.42. The summed E-state index contributed by atoms with van der Waals surface area (Å²) in [5.74, 6) is 0. The van der Waals surface area contributed by atoms with E-state index in [1.807, 2.05) is 24.3 Å². The van der Waals surface area contributed by atoms with Crippen molar-refractivity contribution in [3.63, 3.8) is 0 Å². The van der Waals surface area contributed by atoms with Crippen LogP contribution in [0, 0.1) is 6.57 Å². The number of benzene rings is 1. The van der Waals surface area contributed by atoms with Crippen molar-refractivity contribution in [3.8, 4) is 11.3 Å². The topological polar surface area (TPSA) is 33.0 Å². The van der Waals surface area contributed by atoms with Gasteiger partial charge >= 0.3 is 0 Å². The molecule has 3 heteroatoms. The van der Waals surface area contributed by atoms with Gasteiger partial charge in [-0.2, -0.15) is 5.10 Å². The smallest absolute Gasteiger partial charge is 0.187 e. The van der Waals surface area contributed by atoms with E-state index in [-0.39, 0.29) is 0 Å². The maximum Gasteiger partial charge on any atom is 0.187 e. The van der Waals surface area contributed by atoms with Crippen molar-refractivity contribution < 1.29 is 0 Å². The van der Waals surface area contributed by atoms with Gasteiger partial charge in [0, 0.05) is 6.20 Å². The molecule has 2 rings (SSSR count). The zero-order chi connectivity index (χ0) is 9.10. The average molecular weight is 169 g/mol. The molecule has 13 heavy (non-hydrogen) atoms. The molecule has 0 radical (unpaired) electrons. The van der Waals surface area contributed by atoms with Gasteiger partial charge in [0.25, 0.3) is 0 Å². The number of nitrogens with one attached hydrogen (secondary N) is 1. The van der Waals surface area contributed by atoms with Crippen LogP contribution in [0.15, 0.2) is 36.5 Å². The van der Waals surface area contributed by atoms with Gasteiger partial charge in [-0.25, -0.2) is 4.85 Å². The molecule has 1 aromatic carbocycles. The SMILES string of the molecule is [C-]#[N+]c1cccc(-c2ccn[nH]2)c1. The van der Waals surface area contributed by atoms with Crippen LogP contribution in [0.3, 0.4) is 0 Å². The van der Waals surface area contributed by atoms with Gasteiger partial charge in [-0.1, -0.05) is 18.2 Å². The molecule has 0 spiro atoms. The molecule has 3 nitrogen and oxygen atoms in total. The largest absolute Gasteiger partial charge is 0.278 e. The summed E-state index contributed by atoms with van der Waals surface area (Å²) in [5.41, 5.74) is 2.57. The quantitative estimate of drug-likeness (QED) is 0.654. The van der Waals surface area contributed by atoms with Gasteiger partial charge in [0.15, 0.2) is 5.69 Å². The Bertz CT molecular complexity index is 437. The lowest BCUT2D eigenvalue weighted by Gasteiger charge is -1.96. The lowest BCUT2D eigenvalue weighted by Crippen LogP contribution is -1.76. The van der Waals surface area contributed by atoms with Gasteiger partial charge in [0.1, 0.15) is 0 Å². The van der Waals surface area contributed by atoms with Crippen molar-refractivity contribution >= 4 is 5.69 Å². The van der Waals surface area contributed by atoms with Gasteiger partial charge in [-0.15, -0.1) is 0 Å². The Kier molecular flexibility index (Phi) is 1.81. The molecule has 0 amide bonds. The fourth-order valence-electron chi connectivity index (χ4n) is 1.16. The van der Waals surface area contributed by atoms with E-state index < -0.39 is 0 Å². The van der Waals surface area contributed by atoms with E-state index in [1.54, 1.807) is 12.3 Å². The molecule has 0 aliphatic heterocycles. The first-order valence-electron chi connectivity index (χ1n) is 3.87. The Balaban J connectivity index is 2.49. The first-order valence-corrected chi connectivity index (χ1v) is 3.87. The molecular formula is C10H7N3. The summed E-state index contributed by atoms with van der Waals surface area (Å²) < 4.78 is 0. The summed E-state index contributed by atoms with van der Waals surface area (Å²) in [6.07, 6.45) is 1.69. The summed E-state index contributed by atoms with van der Waals surface area (Å²) in [5, 5.41) is 6.70. The summed E-state index contributed by atoms with van der Waals surface area (Å²) in [7, 11) is 0. The fraction of sp³-hybridized carbons (Fsp3) is 0. The zero-order valence-electron chi connectivity index (χ0n) is 6.86. The molecule has 1 heterocycles. The van der Waals surface area contributed by atoms with E-state index in [9.17, 15) is 0 Å². The summed E-state index contributed by atoms with van der Waals surface area (Å²) in [6, 6.07) is 9.31. The van der Waals surface area contributed by atoms with E-state index in [0.717, 1.165) is 11.3 Å². The van der Waals surface area contributed by atoms with E-state index in [1.165, 1.54) is 0 Å². The highest BCUT2D eigenvalue weighted by molar-refractivity contribution is 5.64. The monoisotopic (exact) mass is 169 g/mol. The zero-order valence-corrected chi connectivity index (χ0v) is 6.86. The van der Waals surface area contributed by atoms with Crippen molar-refractivity contribution in [2.24, 2.45) is 0 Å². The predicted octanol–water partition coefficient (Wildman–Crippen LogP) is 2.63. The minimum absolute atomic E-state index is 0.645. The fourth-order valence-corrected chi connectivity index (χ4v) is 1.16. The highest BCUT2D eigenvalue weighted by Crippen LogP contribution is 2.21. The van der Waals surface area contributed by atoms with Gasteiger partial charge in [0.2, 0.25) is 0 Å². The highest BCUT2D eigenvalue weighted by Gasteiger charge is 1.98. The second kappa shape index (κ2) is 3.11. The molecule has 0 bridgehead atoms. The van der Waals surface area contributed by atoms with E-state index in [0.29, 0.717) is 5.69 Å². The van der Waals surface area contributed by atoms with Crippen LogP contribution < -0.4 is 0 Å². The Labute approximate surface area is 75.9 Å². The Hall–Kier alpha value is -2.08. The number of aromatic amines is 1. The van der Waals surface area contributed by atoms with Crippen LogP contribution in [0.1, 0.15) is 0 Å². The van der Waals surface area contributed by atoms with Crippen LogP contribution >= 0.6 is 0 Å². The summed E-state index contributed by atoms with van der Waals surface area (Å²) in [6.45, 7) is 6.86. The number of hydrogen-bond acceptors (Lipinski definition) is 1. The maximum absolute atomic E-state index is 6.86. The minimum Gasteiger partial charge on any atom is -0.278 e. The van der Waals surface area contributed by atoms with Crippen LogP contribution in [0.5, 0.6) is 0 Å². The second-order valence-electron chi connectivity index (χ2n) is 2.63. The Morgan fingerprint density at radius 1 is 1.31 bits per heavy atom. The van der Waals surface area contributed by atoms with E-state index in [4.69, 9.17) is 6.57 Å². The van der Waals surface area contributed by atoms with Crippen molar-refractivity contribution in [2.75, 3.05) is 0 Å². The van der Waals surface area contributed by atoms with Gasteiger partial charge in [0.05, 0.1) is 12.3 Å². The lowest BCUT2D eigenvalue weighted by molar-refractivity contribution is 1.10. The Morgan fingerprint density at radius 2 is 2.23 bits per heavy atom. The maximum atomic E-state index is 6.86. The normalized spacial score (nSPS) is 9.46. The predicted molar refractivity (Wildman–Crippen MR) is 50.3 cm³/mol. The molecule has 1 N–H and O–H groups in total. The van der Waals surface area contributed by atoms with E-state index in [2.05, 4.69) is 15.0 Å². The van der Waals surface area contributed by atoms with Crippen molar-refractivity contribution in [1.82, 2.24) is 10.2 Å². The van der Waals surface area contributed by atoms with Crippen LogP contribution in [0.25, 0.3) is 16.1 Å². The number of aromatic nitrogens is 2. The van der Waals surface area contributed by atoms with Gasteiger partial charge in [-0.3, -0.25) is 5.10 Å². The molecule has 2 aromatic rings. The van der Waals surface area contributed by atoms with Crippen LogP contribution in [0.2, 0.25) is 0 Å². The molecule has 62 valence electrons. The van der Waals surface area contributed by atoms with Gasteiger partial charge in [-0.05, 0) is 17.7 Å². The van der Waals surface area contributed by atoms with Crippen LogP contribution in [-0.4, -0.2) is 10.2 Å². The minimum atomic E-state index is 0.645. The molecule has 0 aliphatic rings. The van der Waals surface area contributed by atoms with Crippen LogP contribution in [0.4, 0.5) is 5.69 Å². The second-order valence-corrected chi connectivity index (χ2v) is 2.63. The lowest BCUT2D eigenvalue weighted by atomic mass is 10.1. The molecule has 0 fully saturated rings. The van der Waals surface area contributed by atoms with Crippen molar-refractivity contribution in [2.45, 2.75) is 0 Å². The first-order chi connectivity index (χ1) is 6.40. The standard InChI is InChI=1S/C10H7N3/c1-11-9-4-2-3-8(7-9)10-5-6-12-13-10/h2-7H,(H,12,13). The third-order valence-electron chi connectivity index (χ3n) is 1.79. The highest BCUT2D eigenvalue weighted by atomic mass is 15.1. The molecule has 0 atom stereocenters. The molecule has 1 aromatic heterocycles. The van der Waals surface area contributed by atoms with E-state index >= 15 is 0 Å². The molecule has 0 saturated carbocycles. The Morgan fingerprint density at radius 3 is 2.92 bits per heavy atom. The molecular weight excluding hydrogens is 162 g/mol. The average Bonchev–Trinajstić information content (AvgIpc) is 2.71. The van der Waals surface area contributed by atoms with Crippen LogP contribution in [-0.2, 0) is 0 Å². The summed E-state index contributed by atoms with van der Waals surface area (Å²) >= 11 is 0. The number of nitrogens with zero attached hydrogens (tertiary/aromatic N) is 2. The first kappa shape index (κ1) is 7.56. The number of H-pyrrole nitrogens is 1. The molecule has 0 unspecified atom stereocenters.